The highest BCUT2D eigenvalue weighted by atomic mass is 14.3. The van der Waals surface area contributed by atoms with Gasteiger partial charge in [0.25, 0.3) is 0 Å². The van der Waals surface area contributed by atoms with Crippen molar-refractivity contribution in [3.05, 3.63) is 12.7 Å². The first-order valence-electron chi connectivity index (χ1n) is 4.75. The molecule has 0 heterocycles. The van der Waals surface area contributed by atoms with Crippen LogP contribution in [0, 0.1) is 11.3 Å². The van der Waals surface area contributed by atoms with Gasteiger partial charge in [-0.15, -0.1) is 6.58 Å². The van der Waals surface area contributed by atoms with Crippen LogP contribution < -0.4 is 0 Å². The van der Waals surface area contributed by atoms with Gasteiger partial charge in [0.05, 0.1) is 0 Å². The van der Waals surface area contributed by atoms with E-state index in [0.717, 1.165) is 5.92 Å². The minimum Gasteiger partial charge on any atom is -0.103 e. The molecular weight excluding hydrogens is 132 g/mol. The average molecular weight is 152 g/mol. The first kappa shape index (κ1) is 8.83. The maximum absolute atomic E-state index is 3.80. The summed E-state index contributed by atoms with van der Waals surface area (Å²) >= 11 is 0. The quantitative estimate of drug-likeness (QED) is 0.528. The van der Waals surface area contributed by atoms with Crippen molar-refractivity contribution in [3.63, 3.8) is 0 Å². The lowest BCUT2D eigenvalue weighted by Crippen LogP contribution is -2.22. The highest BCUT2D eigenvalue weighted by Crippen LogP contribution is 2.39. The fraction of sp³-hybridized carbons (Fsp3) is 0.818. The Labute approximate surface area is 70.7 Å². The molecule has 11 heavy (non-hydrogen) atoms. The molecule has 0 aromatic carbocycles. The van der Waals surface area contributed by atoms with Crippen molar-refractivity contribution in [1.29, 1.82) is 0 Å². The zero-order chi connectivity index (χ0) is 8.32. The van der Waals surface area contributed by atoms with Crippen molar-refractivity contribution in [1.82, 2.24) is 0 Å². The third kappa shape index (κ3) is 2.69. The Bertz CT molecular complexity index is 133. The van der Waals surface area contributed by atoms with E-state index in [9.17, 15) is 0 Å². The number of hydrogen-bond donors (Lipinski definition) is 0. The lowest BCUT2D eigenvalue weighted by molar-refractivity contribution is 0.181. The van der Waals surface area contributed by atoms with Gasteiger partial charge in [-0.1, -0.05) is 32.8 Å². The zero-order valence-electron chi connectivity index (χ0n) is 7.90. The maximum atomic E-state index is 3.80. The van der Waals surface area contributed by atoms with Crippen LogP contribution in [-0.2, 0) is 0 Å². The summed E-state index contributed by atoms with van der Waals surface area (Å²) < 4.78 is 0. The third-order valence-corrected chi connectivity index (χ3v) is 2.81. The molecule has 0 aromatic heterocycles. The summed E-state index contributed by atoms with van der Waals surface area (Å²) in [5.74, 6) is 0.927. The molecule has 0 aliphatic heterocycles. The summed E-state index contributed by atoms with van der Waals surface area (Å²) in [5, 5.41) is 0. The molecule has 1 aliphatic rings. The molecule has 1 saturated carbocycles. The summed E-state index contributed by atoms with van der Waals surface area (Å²) in [6, 6.07) is 0. The highest BCUT2D eigenvalue weighted by Gasteiger charge is 2.26. The lowest BCUT2D eigenvalue weighted by atomic mass is 9.71. The Balaban J connectivity index is 2.39. The smallest absolute Gasteiger partial charge is 0.0325 e. The van der Waals surface area contributed by atoms with Crippen molar-refractivity contribution >= 4 is 0 Å². The molecule has 1 unspecified atom stereocenters. The first-order chi connectivity index (χ1) is 5.14. The van der Waals surface area contributed by atoms with Crippen LogP contribution in [0.5, 0.6) is 0 Å². The van der Waals surface area contributed by atoms with E-state index in [1.54, 1.807) is 0 Å². The standard InChI is InChI=1S/C11H20/c1-4-6-10-7-5-8-11(2,3)9-10/h4,10H,1,5-9H2,2-3H3. The number of rotatable bonds is 2. The predicted octanol–water partition coefficient (Wildman–Crippen LogP) is 3.78. The van der Waals surface area contributed by atoms with Gasteiger partial charge in [-0.2, -0.15) is 0 Å². The van der Waals surface area contributed by atoms with Crippen molar-refractivity contribution < 1.29 is 0 Å². The maximum Gasteiger partial charge on any atom is -0.0325 e. The second kappa shape index (κ2) is 3.42. The van der Waals surface area contributed by atoms with E-state index in [2.05, 4.69) is 26.5 Å². The van der Waals surface area contributed by atoms with Gasteiger partial charge in [0.2, 0.25) is 0 Å². The molecule has 1 aliphatic carbocycles. The molecule has 0 amide bonds. The van der Waals surface area contributed by atoms with E-state index in [0.29, 0.717) is 5.41 Å². The summed E-state index contributed by atoms with van der Waals surface area (Å²) in [4.78, 5) is 0. The summed E-state index contributed by atoms with van der Waals surface area (Å²) in [6.45, 7) is 8.58. The van der Waals surface area contributed by atoms with Gasteiger partial charge in [0.15, 0.2) is 0 Å². The van der Waals surface area contributed by atoms with E-state index in [-0.39, 0.29) is 0 Å². The highest BCUT2D eigenvalue weighted by molar-refractivity contribution is 4.83. The van der Waals surface area contributed by atoms with Crippen LogP contribution in [0.4, 0.5) is 0 Å². The Morgan fingerprint density at radius 1 is 1.55 bits per heavy atom. The van der Waals surface area contributed by atoms with Crippen LogP contribution in [0.15, 0.2) is 12.7 Å². The van der Waals surface area contributed by atoms with Crippen molar-refractivity contribution in [3.8, 4) is 0 Å². The Hall–Kier alpha value is -0.260. The van der Waals surface area contributed by atoms with Gasteiger partial charge in [0, 0.05) is 0 Å². The molecule has 0 heteroatoms. The Kier molecular flexibility index (Phi) is 2.75. The van der Waals surface area contributed by atoms with Crippen LogP contribution in [0.3, 0.4) is 0 Å². The average Bonchev–Trinajstić information content (AvgIpc) is 1.85. The molecule has 0 bridgehead atoms. The van der Waals surface area contributed by atoms with Gasteiger partial charge >= 0.3 is 0 Å². The zero-order valence-corrected chi connectivity index (χ0v) is 7.90. The van der Waals surface area contributed by atoms with Gasteiger partial charge in [-0.25, -0.2) is 0 Å². The lowest BCUT2D eigenvalue weighted by Gasteiger charge is -2.34. The largest absolute Gasteiger partial charge is 0.103 e. The summed E-state index contributed by atoms with van der Waals surface area (Å²) in [5.41, 5.74) is 0.603. The summed E-state index contributed by atoms with van der Waals surface area (Å²) in [7, 11) is 0. The number of hydrogen-bond acceptors (Lipinski definition) is 0. The van der Waals surface area contributed by atoms with Crippen molar-refractivity contribution in [2.45, 2.75) is 46.0 Å². The van der Waals surface area contributed by atoms with Gasteiger partial charge in [0.1, 0.15) is 0 Å². The molecule has 0 saturated heterocycles. The van der Waals surface area contributed by atoms with Crippen LogP contribution in [0.2, 0.25) is 0 Å². The molecule has 0 radical (unpaired) electrons. The molecule has 0 spiro atoms. The van der Waals surface area contributed by atoms with E-state index in [1.807, 2.05) is 0 Å². The Morgan fingerprint density at radius 2 is 2.27 bits per heavy atom. The monoisotopic (exact) mass is 152 g/mol. The molecular formula is C11H20. The SMILES string of the molecule is C=CCC1CCCC(C)(C)C1. The van der Waals surface area contributed by atoms with Gasteiger partial charge < -0.3 is 0 Å². The van der Waals surface area contributed by atoms with Crippen molar-refractivity contribution in [2.24, 2.45) is 11.3 Å². The minimum absolute atomic E-state index is 0.603. The Morgan fingerprint density at radius 3 is 2.82 bits per heavy atom. The van der Waals surface area contributed by atoms with E-state index in [4.69, 9.17) is 0 Å². The second-order valence-corrected chi connectivity index (χ2v) is 4.65. The predicted molar refractivity (Wildman–Crippen MR) is 50.6 cm³/mol. The molecule has 0 N–H and O–H groups in total. The first-order valence-corrected chi connectivity index (χ1v) is 4.75. The molecule has 0 nitrogen and oxygen atoms in total. The van der Waals surface area contributed by atoms with E-state index in [1.165, 1.54) is 32.1 Å². The topological polar surface area (TPSA) is 0 Å². The fourth-order valence-electron chi connectivity index (χ4n) is 2.29. The normalized spacial score (nSPS) is 29.8. The third-order valence-electron chi connectivity index (χ3n) is 2.81. The van der Waals surface area contributed by atoms with Crippen molar-refractivity contribution in [2.75, 3.05) is 0 Å². The van der Waals surface area contributed by atoms with Crippen LogP contribution in [-0.4, -0.2) is 0 Å². The van der Waals surface area contributed by atoms with E-state index < -0.39 is 0 Å². The molecule has 1 atom stereocenters. The van der Waals surface area contributed by atoms with Gasteiger partial charge in [-0.3, -0.25) is 0 Å². The minimum atomic E-state index is 0.603. The fourth-order valence-corrected chi connectivity index (χ4v) is 2.29. The molecule has 0 aromatic rings. The number of allylic oxidation sites excluding steroid dienone is 1. The molecule has 64 valence electrons. The van der Waals surface area contributed by atoms with E-state index >= 15 is 0 Å². The van der Waals surface area contributed by atoms with Crippen LogP contribution in [0.1, 0.15) is 46.0 Å². The van der Waals surface area contributed by atoms with Gasteiger partial charge in [-0.05, 0) is 30.6 Å². The second-order valence-electron chi connectivity index (χ2n) is 4.65. The molecule has 1 rings (SSSR count). The van der Waals surface area contributed by atoms with Crippen LogP contribution >= 0.6 is 0 Å². The summed E-state index contributed by atoms with van der Waals surface area (Å²) in [6.07, 6.45) is 8.97. The van der Waals surface area contributed by atoms with Crippen LogP contribution in [0.25, 0.3) is 0 Å². The molecule has 1 fully saturated rings.